The number of rotatable bonds is 8. The maximum absolute atomic E-state index is 13.2. The average Bonchev–Trinajstić information content (AvgIpc) is 2.80. The molecule has 0 bridgehead atoms. The molecule has 6 heteroatoms. The van der Waals surface area contributed by atoms with Crippen LogP contribution in [0.1, 0.15) is 49.5 Å². The molecule has 5 nitrogen and oxygen atoms in total. The molecule has 1 aliphatic rings. The number of carbonyl (C=O) groups is 3. The van der Waals surface area contributed by atoms with E-state index in [0.717, 1.165) is 5.56 Å². The molecule has 2 aromatic carbocycles. The zero-order chi connectivity index (χ0) is 24.1. The standard InChI is InChI=1S/C27H28ClNO4/c1-16-17(2)26(32)24(18(3)25(16)31)20(15-19-9-4-6-12-22(19)28)10-8-14-29-27(33)21-11-5-7-13-23(21)30/h4-7,9,11-13,20,30H,8,10,14-15H2,1-3H3,(H,29,33). The molecule has 0 saturated carbocycles. The van der Waals surface area contributed by atoms with Crippen molar-refractivity contribution in [1.82, 2.24) is 5.32 Å². The van der Waals surface area contributed by atoms with Crippen molar-refractivity contribution in [3.05, 3.63) is 87.0 Å². The van der Waals surface area contributed by atoms with Crippen LogP contribution < -0.4 is 5.32 Å². The van der Waals surface area contributed by atoms with Crippen LogP contribution in [0.4, 0.5) is 0 Å². The fraction of sp³-hybridized carbons (Fsp3) is 0.296. The summed E-state index contributed by atoms with van der Waals surface area (Å²) in [5.41, 5.74) is 3.12. The number of nitrogens with one attached hydrogen (secondary N) is 1. The predicted octanol–water partition coefficient (Wildman–Crippen LogP) is 5.22. The summed E-state index contributed by atoms with van der Waals surface area (Å²) in [5, 5.41) is 13.3. The van der Waals surface area contributed by atoms with Crippen LogP contribution in [0.5, 0.6) is 5.75 Å². The van der Waals surface area contributed by atoms with Crippen molar-refractivity contribution < 1.29 is 19.5 Å². The molecule has 0 heterocycles. The number of benzene rings is 2. The molecule has 172 valence electrons. The van der Waals surface area contributed by atoms with E-state index in [4.69, 9.17) is 11.6 Å². The fourth-order valence-electron chi connectivity index (χ4n) is 4.20. The van der Waals surface area contributed by atoms with E-state index in [1.165, 1.54) is 6.07 Å². The minimum Gasteiger partial charge on any atom is -0.507 e. The van der Waals surface area contributed by atoms with Crippen molar-refractivity contribution in [2.45, 2.75) is 40.0 Å². The van der Waals surface area contributed by atoms with Crippen molar-refractivity contribution >= 4 is 29.1 Å². The molecule has 2 N–H and O–H groups in total. The van der Waals surface area contributed by atoms with Gasteiger partial charge < -0.3 is 10.4 Å². The fourth-order valence-corrected chi connectivity index (χ4v) is 4.41. The minimum absolute atomic E-state index is 0.0728. The molecule has 1 unspecified atom stereocenters. The topological polar surface area (TPSA) is 83.5 Å². The number of aromatic hydroxyl groups is 1. The van der Waals surface area contributed by atoms with Crippen molar-refractivity contribution in [3.8, 4) is 5.75 Å². The number of ketones is 2. The molecular weight excluding hydrogens is 438 g/mol. The van der Waals surface area contributed by atoms with Gasteiger partial charge in [-0.1, -0.05) is 41.9 Å². The molecular formula is C27H28ClNO4. The summed E-state index contributed by atoms with van der Waals surface area (Å²) in [6.07, 6.45) is 1.70. The van der Waals surface area contributed by atoms with E-state index < -0.39 is 0 Å². The van der Waals surface area contributed by atoms with E-state index in [9.17, 15) is 19.5 Å². The maximum Gasteiger partial charge on any atom is 0.255 e. The minimum atomic E-state index is -0.357. The number of Topliss-reactive ketones (excluding diaryl/α,β-unsaturated/α-hetero) is 2. The number of amides is 1. The van der Waals surface area contributed by atoms with Crippen molar-refractivity contribution in [2.24, 2.45) is 5.92 Å². The Morgan fingerprint density at radius 1 is 0.939 bits per heavy atom. The highest BCUT2D eigenvalue weighted by molar-refractivity contribution is 6.31. The highest BCUT2D eigenvalue weighted by Crippen LogP contribution is 2.34. The lowest BCUT2D eigenvalue weighted by Crippen LogP contribution is -2.28. The smallest absolute Gasteiger partial charge is 0.255 e. The molecule has 0 saturated heterocycles. The van der Waals surface area contributed by atoms with Crippen LogP contribution >= 0.6 is 11.6 Å². The Morgan fingerprint density at radius 3 is 2.27 bits per heavy atom. The Bertz CT molecular complexity index is 1160. The highest BCUT2D eigenvalue weighted by Gasteiger charge is 2.32. The normalized spacial score (nSPS) is 15.2. The zero-order valence-corrected chi connectivity index (χ0v) is 19.8. The van der Waals surface area contributed by atoms with Gasteiger partial charge in [-0.05, 0) is 69.7 Å². The van der Waals surface area contributed by atoms with E-state index in [0.29, 0.717) is 53.1 Å². The zero-order valence-electron chi connectivity index (χ0n) is 19.1. The quantitative estimate of drug-likeness (QED) is 0.413. The largest absolute Gasteiger partial charge is 0.507 e. The van der Waals surface area contributed by atoms with Gasteiger partial charge in [0, 0.05) is 33.9 Å². The van der Waals surface area contributed by atoms with Gasteiger partial charge in [-0.15, -0.1) is 0 Å². The van der Waals surface area contributed by atoms with Crippen molar-refractivity contribution in [1.29, 1.82) is 0 Å². The van der Waals surface area contributed by atoms with Crippen LogP contribution in [-0.4, -0.2) is 29.1 Å². The first-order valence-corrected chi connectivity index (χ1v) is 11.4. The third-order valence-corrected chi connectivity index (χ3v) is 6.60. The van der Waals surface area contributed by atoms with Gasteiger partial charge in [0.05, 0.1) is 5.56 Å². The summed E-state index contributed by atoms with van der Waals surface area (Å²) in [5.74, 6) is -0.841. The first-order chi connectivity index (χ1) is 15.7. The van der Waals surface area contributed by atoms with Crippen LogP contribution in [-0.2, 0) is 16.0 Å². The third-order valence-electron chi connectivity index (χ3n) is 6.23. The first kappa shape index (κ1) is 24.5. The summed E-state index contributed by atoms with van der Waals surface area (Å²) in [4.78, 5) is 38.3. The number of para-hydroxylation sites is 1. The van der Waals surface area contributed by atoms with Gasteiger partial charge >= 0.3 is 0 Å². The number of carbonyl (C=O) groups excluding carboxylic acids is 3. The van der Waals surface area contributed by atoms with Gasteiger partial charge in [0.1, 0.15) is 5.75 Å². The second-order valence-electron chi connectivity index (χ2n) is 8.35. The number of hydrogen-bond donors (Lipinski definition) is 2. The second-order valence-corrected chi connectivity index (χ2v) is 8.76. The van der Waals surface area contributed by atoms with E-state index in [1.54, 1.807) is 39.0 Å². The van der Waals surface area contributed by atoms with Crippen LogP contribution in [0.15, 0.2) is 70.8 Å². The molecule has 33 heavy (non-hydrogen) atoms. The van der Waals surface area contributed by atoms with E-state index in [1.807, 2.05) is 24.3 Å². The third kappa shape index (κ3) is 5.42. The summed E-state index contributed by atoms with van der Waals surface area (Å²) in [6.45, 7) is 5.47. The highest BCUT2D eigenvalue weighted by atomic mass is 35.5. The summed E-state index contributed by atoms with van der Waals surface area (Å²) in [6, 6.07) is 13.9. The molecule has 0 radical (unpaired) electrons. The predicted molar refractivity (Wildman–Crippen MR) is 129 cm³/mol. The van der Waals surface area contributed by atoms with E-state index >= 15 is 0 Å². The molecule has 0 aromatic heterocycles. The molecule has 2 aromatic rings. The number of halogens is 1. The van der Waals surface area contributed by atoms with Crippen LogP contribution in [0.2, 0.25) is 5.02 Å². The molecule has 0 aliphatic heterocycles. The summed E-state index contributed by atoms with van der Waals surface area (Å²) >= 11 is 6.39. The molecule has 0 fully saturated rings. The van der Waals surface area contributed by atoms with Gasteiger partial charge in [0.15, 0.2) is 11.6 Å². The van der Waals surface area contributed by atoms with Crippen molar-refractivity contribution in [3.63, 3.8) is 0 Å². The van der Waals surface area contributed by atoms with Gasteiger partial charge in [-0.25, -0.2) is 0 Å². The summed E-state index contributed by atoms with van der Waals surface area (Å²) in [7, 11) is 0. The monoisotopic (exact) mass is 465 g/mol. The van der Waals surface area contributed by atoms with Gasteiger partial charge in [0.25, 0.3) is 5.91 Å². The van der Waals surface area contributed by atoms with Gasteiger partial charge in [-0.2, -0.15) is 0 Å². The van der Waals surface area contributed by atoms with Crippen LogP contribution in [0.25, 0.3) is 0 Å². The number of hydrogen-bond acceptors (Lipinski definition) is 4. The van der Waals surface area contributed by atoms with Gasteiger partial charge in [0.2, 0.25) is 0 Å². The lowest BCUT2D eigenvalue weighted by molar-refractivity contribution is -0.116. The first-order valence-electron chi connectivity index (χ1n) is 11.0. The van der Waals surface area contributed by atoms with Crippen LogP contribution in [0, 0.1) is 5.92 Å². The lowest BCUT2D eigenvalue weighted by Gasteiger charge is -2.26. The Hall–Kier alpha value is -3.18. The van der Waals surface area contributed by atoms with E-state index in [2.05, 4.69) is 5.32 Å². The van der Waals surface area contributed by atoms with E-state index in [-0.39, 0.29) is 34.7 Å². The second kappa shape index (κ2) is 10.6. The molecule has 1 aliphatic carbocycles. The Balaban J connectivity index is 1.78. The SMILES string of the molecule is CC1=C(C)C(=O)C(C(CCCNC(=O)c2ccccc2O)Cc2ccccc2Cl)=C(C)C1=O. The Morgan fingerprint density at radius 2 is 1.58 bits per heavy atom. The van der Waals surface area contributed by atoms with Gasteiger partial charge in [-0.3, -0.25) is 14.4 Å². The molecule has 1 amide bonds. The number of allylic oxidation sites excluding steroid dienone is 4. The number of phenolic OH excluding ortho intramolecular Hbond substituents is 1. The number of phenols is 1. The molecule has 1 atom stereocenters. The Labute approximate surface area is 199 Å². The molecule has 0 spiro atoms. The Kier molecular flexibility index (Phi) is 7.88. The lowest BCUT2D eigenvalue weighted by atomic mass is 9.76. The van der Waals surface area contributed by atoms with Crippen molar-refractivity contribution in [2.75, 3.05) is 6.54 Å². The maximum atomic E-state index is 13.2. The average molecular weight is 466 g/mol. The molecule has 3 rings (SSSR count). The van der Waals surface area contributed by atoms with Crippen LogP contribution in [0.3, 0.4) is 0 Å². The summed E-state index contributed by atoms with van der Waals surface area (Å²) < 4.78 is 0.